The first-order valence-corrected chi connectivity index (χ1v) is 17.8. The van der Waals surface area contributed by atoms with Crippen molar-refractivity contribution in [2.24, 2.45) is 17.6 Å². The molecule has 4 aromatic rings. The van der Waals surface area contributed by atoms with Gasteiger partial charge < -0.3 is 26.3 Å². The van der Waals surface area contributed by atoms with Crippen LogP contribution in [-0.4, -0.2) is 60.2 Å². The largest absolute Gasteiger partial charge is 0.344 e. The molecule has 6 rings (SSSR count). The van der Waals surface area contributed by atoms with E-state index < -0.39 is 16.1 Å². The zero-order valence-electron chi connectivity index (χ0n) is 27.0. The molecule has 1 saturated carbocycles. The minimum Gasteiger partial charge on any atom is -0.344 e. The van der Waals surface area contributed by atoms with Crippen molar-refractivity contribution in [1.82, 2.24) is 19.6 Å². The van der Waals surface area contributed by atoms with Crippen molar-refractivity contribution < 1.29 is 18.0 Å². The van der Waals surface area contributed by atoms with Gasteiger partial charge in [-0.3, -0.25) is 9.59 Å². The molecule has 6 N–H and O–H groups in total. The van der Waals surface area contributed by atoms with Gasteiger partial charge in [0.05, 0.1) is 15.9 Å². The first-order valence-electron chi connectivity index (χ1n) is 16.3. The predicted octanol–water partition coefficient (Wildman–Crippen LogP) is 4.47. The molecule has 1 aliphatic carbocycles. The molecule has 11 nitrogen and oxygen atoms in total. The summed E-state index contributed by atoms with van der Waals surface area (Å²) in [5.74, 6) is -0.309. The maximum atomic E-state index is 13.8. The van der Waals surface area contributed by atoms with Crippen LogP contribution in [0.1, 0.15) is 49.7 Å². The molecule has 0 spiro atoms. The van der Waals surface area contributed by atoms with Gasteiger partial charge in [-0.25, -0.2) is 13.2 Å². The number of hydrogen-bond donors (Lipinski definition) is 5. The van der Waals surface area contributed by atoms with Crippen LogP contribution in [0.2, 0.25) is 0 Å². The lowest BCUT2D eigenvalue weighted by Crippen LogP contribution is -2.48. The van der Waals surface area contributed by atoms with Crippen molar-refractivity contribution in [3.63, 3.8) is 0 Å². The van der Waals surface area contributed by atoms with Gasteiger partial charge >= 0.3 is 5.69 Å². The number of carbonyl (C=O) groups is 2. The topological polar surface area (TPSA) is 170 Å². The van der Waals surface area contributed by atoms with Gasteiger partial charge in [-0.05, 0) is 110 Å². The molecule has 0 radical (unpaired) electrons. The Morgan fingerprint density at radius 1 is 0.958 bits per heavy atom. The lowest BCUT2D eigenvalue weighted by molar-refractivity contribution is -0.130. The number of amides is 2. The highest BCUT2D eigenvalue weighted by atomic mass is 35.5. The van der Waals surface area contributed by atoms with Crippen LogP contribution in [0, 0.1) is 18.8 Å². The predicted molar refractivity (Wildman–Crippen MR) is 190 cm³/mol. The molecule has 13 heteroatoms. The van der Waals surface area contributed by atoms with E-state index >= 15 is 0 Å². The fraction of sp³-hybridized carbons (Fsp3) is 0.400. The number of H-pyrrole nitrogens is 2. The maximum Gasteiger partial charge on any atom is 0.323 e. The van der Waals surface area contributed by atoms with Crippen LogP contribution in [0.15, 0.2) is 70.4 Å². The summed E-state index contributed by atoms with van der Waals surface area (Å²) < 4.78 is 28.2. The number of benzene rings is 3. The van der Waals surface area contributed by atoms with E-state index in [1.807, 2.05) is 37.3 Å². The molecule has 1 aliphatic heterocycles. The Morgan fingerprint density at radius 2 is 1.69 bits per heavy atom. The molecular weight excluding hydrogens is 652 g/mol. The number of nitrogens with one attached hydrogen (secondary N) is 4. The molecule has 0 unspecified atom stereocenters. The van der Waals surface area contributed by atoms with Crippen LogP contribution < -0.4 is 22.1 Å². The number of nitrogens with two attached hydrogens (primary N) is 1. The monoisotopic (exact) mass is 694 g/mol. The number of sulfonamides is 1. The van der Waals surface area contributed by atoms with Gasteiger partial charge in [0.25, 0.3) is 0 Å². The van der Waals surface area contributed by atoms with Crippen LogP contribution in [0.4, 0.5) is 5.69 Å². The third-order valence-corrected chi connectivity index (χ3v) is 11.5. The Labute approximate surface area is 286 Å². The summed E-state index contributed by atoms with van der Waals surface area (Å²) in [6.45, 7) is 3.61. The van der Waals surface area contributed by atoms with Crippen LogP contribution in [-0.2, 0) is 26.0 Å². The van der Waals surface area contributed by atoms with Crippen molar-refractivity contribution in [2.45, 2.75) is 62.8 Å². The molecule has 48 heavy (non-hydrogen) atoms. The molecule has 1 atom stereocenters. The Balaban J connectivity index is 0.00000451. The van der Waals surface area contributed by atoms with Gasteiger partial charge in [-0.2, -0.15) is 4.31 Å². The molecule has 3 aromatic carbocycles. The van der Waals surface area contributed by atoms with E-state index in [9.17, 15) is 22.8 Å². The van der Waals surface area contributed by atoms with Crippen molar-refractivity contribution in [3.05, 3.63) is 82.3 Å². The van der Waals surface area contributed by atoms with E-state index in [0.29, 0.717) is 42.3 Å². The minimum absolute atomic E-state index is 0. The van der Waals surface area contributed by atoms with Gasteiger partial charge in [0.2, 0.25) is 21.8 Å². The van der Waals surface area contributed by atoms with E-state index in [1.54, 1.807) is 30.3 Å². The number of nitrogens with zero attached hydrogens (tertiary/aromatic N) is 1. The molecule has 2 aliphatic rings. The third kappa shape index (κ3) is 7.84. The Bertz CT molecular complexity index is 1940. The summed E-state index contributed by atoms with van der Waals surface area (Å²) >= 11 is 0. The summed E-state index contributed by atoms with van der Waals surface area (Å²) in [5.41, 5.74) is 10.5. The summed E-state index contributed by atoms with van der Waals surface area (Å²) in [7, 11) is -3.59. The Hall–Kier alpha value is -3.97. The van der Waals surface area contributed by atoms with Crippen LogP contribution in [0.5, 0.6) is 0 Å². The number of aromatic amines is 2. The van der Waals surface area contributed by atoms with Gasteiger partial charge in [-0.15, -0.1) is 12.4 Å². The maximum absolute atomic E-state index is 13.8. The highest BCUT2D eigenvalue weighted by molar-refractivity contribution is 7.89. The summed E-state index contributed by atoms with van der Waals surface area (Å²) in [4.78, 5) is 44.6. The van der Waals surface area contributed by atoms with E-state index in [2.05, 4.69) is 20.6 Å². The van der Waals surface area contributed by atoms with Crippen LogP contribution >= 0.6 is 12.4 Å². The van der Waals surface area contributed by atoms with Gasteiger partial charge in [0.15, 0.2) is 0 Å². The highest BCUT2D eigenvalue weighted by Gasteiger charge is 2.30. The number of imidazole rings is 1. The number of aromatic nitrogens is 2. The van der Waals surface area contributed by atoms with Gasteiger partial charge in [0.1, 0.15) is 6.04 Å². The molecule has 2 heterocycles. The normalized spacial score (nSPS) is 19.0. The lowest BCUT2D eigenvalue weighted by Gasteiger charge is -2.28. The number of rotatable bonds is 10. The SMILES string of the molecule is Cc1ccc(S(=O)(=O)N2CCCC2)cc1-c1cccc(C[C@H](NC(=O)[C@H]2CC[C@H](CN)CC2)C(=O)Nc2ccc3[nH]c(=O)[nH]c3c2)c1.Cl. The molecular formula is C35H43ClN6O5S. The number of carbonyl (C=O) groups excluding carboxylic acids is 2. The van der Waals surface area contributed by atoms with E-state index in [1.165, 1.54) is 4.31 Å². The average molecular weight is 695 g/mol. The zero-order chi connectivity index (χ0) is 33.1. The molecule has 1 saturated heterocycles. The molecule has 256 valence electrons. The first kappa shape index (κ1) is 35.3. The smallest absolute Gasteiger partial charge is 0.323 e. The molecule has 2 fully saturated rings. The second-order valence-corrected chi connectivity index (χ2v) is 14.8. The van der Waals surface area contributed by atoms with E-state index in [0.717, 1.165) is 60.8 Å². The van der Waals surface area contributed by atoms with Gasteiger partial charge in [0, 0.05) is 31.1 Å². The number of hydrogen-bond acceptors (Lipinski definition) is 6. The second kappa shape index (κ2) is 15.1. The number of aryl methyl sites for hydroxylation is 1. The van der Waals surface area contributed by atoms with Crippen LogP contribution in [0.3, 0.4) is 0 Å². The highest BCUT2D eigenvalue weighted by Crippen LogP contribution is 2.31. The quantitative estimate of drug-likeness (QED) is 0.164. The van der Waals surface area contributed by atoms with E-state index in [4.69, 9.17) is 5.73 Å². The number of halogens is 1. The van der Waals surface area contributed by atoms with Crippen molar-refractivity contribution >= 4 is 51.0 Å². The summed E-state index contributed by atoms with van der Waals surface area (Å²) in [5, 5.41) is 5.95. The van der Waals surface area contributed by atoms with E-state index in [-0.39, 0.29) is 47.1 Å². The fourth-order valence-electron chi connectivity index (χ4n) is 6.75. The van der Waals surface area contributed by atoms with Crippen LogP contribution in [0.25, 0.3) is 22.2 Å². The minimum atomic E-state index is -3.59. The summed E-state index contributed by atoms with van der Waals surface area (Å²) in [6, 6.07) is 17.1. The molecule has 1 aromatic heterocycles. The second-order valence-electron chi connectivity index (χ2n) is 12.8. The van der Waals surface area contributed by atoms with Crippen molar-refractivity contribution in [2.75, 3.05) is 25.0 Å². The standard InChI is InChI=1S/C35H42N6O5S.ClH/c1-22-7-13-28(47(45,46)41-15-2-3-16-41)20-29(22)26-6-4-5-24(17-26)18-32(38-33(42)25-10-8-23(21-36)9-11-25)34(43)37-27-12-14-30-31(19-27)40-35(44)39-30;/h4-7,12-14,17,19-20,23,25,32H,2-3,8-11,15-16,18,21,36H2,1H3,(H,37,43)(H,38,42)(H2,39,40,44);1H/t23-,25-,32-;/m0./s1. The molecule has 0 bridgehead atoms. The average Bonchev–Trinajstić information content (AvgIpc) is 3.75. The van der Waals surface area contributed by atoms with Crippen molar-refractivity contribution in [3.8, 4) is 11.1 Å². The Morgan fingerprint density at radius 3 is 2.42 bits per heavy atom. The third-order valence-electron chi connectivity index (χ3n) is 9.56. The molecule has 2 amide bonds. The zero-order valence-corrected chi connectivity index (χ0v) is 28.6. The number of anilines is 1. The fourth-order valence-corrected chi connectivity index (χ4v) is 8.29. The van der Waals surface area contributed by atoms with Gasteiger partial charge in [-0.1, -0.05) is 30.3 Å². The number of fused-ring (bicyclic) bond motifs is 1. The summed E-state index contributed by atoms with van der Waals surface area (Å²) in [6.07, 6.45) is 5.16. The Kier molecular flexibility index (Phi) is 11.1. The van der Waals surface area contributed by atoms with Crippen molar-refractivity contribution in [1.29, 1.82) is 0 Å². The first-order chi connectivity index (χ1) is 22.6. The lowest BCUT2D eigenvalue weighted by atomic mass is 9.81.